The molecule has 2 rings (SSSR count). The molecule has 1 aromatic rings. The molecule has 1 aromatic carbocycles. The number of nitrogens with one attached hydrogen (secondary N) is 1. The van der Waals surface area contributed by atoms with E-state index in [2.05, 4.69) is 43.4 Å². The first-order chi connectivity index (χ1) is 9.24. The molecule has 0 aliphatic heterocycles. The van der Waals surface area contributed by atoms with Crippen molar-refractivity contribution in [2.75, 3.05) is 7.11 Å². The van der Waals surface area contributed by atoms with Crippen LogP contribution in [-0.2, 0) is 17.9 Å². The molecule has 19 heavy (non-hydrogen) atoms. The Hall–Kier alpha value is -0.860. The predicted molar refractivity (Wildman–Crippen MR) is 80.0 cm³/mol. The molecule has 0 bridgehead atoms. The van der Waals surface area contributed by atoms with Gasteiger partial charge in [0.2, 0.25) is 0 Å². The van der Waals surface area contributed by atoms with E-state index in [9.17, 15) is 0 Å². The summed E-state index contributed by atoms with van der Waals surface area (Å²) in [5, 5.41) is 3.74. The fraction of sp³-hybridized carbons (Fsp3) is 0.647. The summed E-state index contributed by atoms with van der Waals surface area (Å²) in [4.78, 5) is 0. The van der Waals surface area contributed by atoms with Crippen molar-refractivity contribution < 1.29 is 4.74 Å². The Labute approximate surface area is 117 Å². The molecule has 0 saturated heterocycles. The van der Waals surface area contributed by atoms with Crippen molar-refractivity contribution in [2.24, 2.45) is 11.8 Å². The average Bonchev–Trinajstić information content (AvgIpc) is 2.78. The lowest BCUT2D eigenvalue weighted by molar-refractivity contribution is 0.185. The SMILES string of the molecule is CCC1CCC(NCc2cccc(COC)c2)C1C. The first-order valence-electron chi connectivity index (χ1n) is 7.54. The van der Waals surface area contributed by atoms with Crippen LogP contribution in [0.4, 0.5) is 0 Å². The van der Waals surface area contributed by atoms with Crippen LogP contribution in [0.3, 0.4) is 0 Å². The molecule has 3 unspecified atom stereocenters. The van der Waals surface area contributed by atoms with Crippen LogP contribution in [-0.4, -0.2) is 13.2 Å². The number of ether oxygens (including phenoxy) is 1. The Bertz CT molecular complexity index is 391. The normalized spacial score (nSPS) is 26.8. The molecule has 1 N–H and O–H groups in total. The van der Waals surface area contributed by atoms with Gasteiger partial charge in [0.1, 0.15) is 0 Å². The van der Waals surface area contributed by atoms with E-state index < -0.39 is 0 Å². The van der Waals surface area contributed by atoms with E-state index in [0.717, 1.165) is 18.4 Å². The zero-order valence-electron chi connectivity index (χ0n) is 12.5. The zero-order chi connectivity index (χ0) is 13.7. The Morgan fingerprint density at radius 3 is 2.74 bits per heavy atom. The minimum Gasteiger partial charge on any atom is -0.380 e. The van der Waals surface area contributed by atoms with Gasteiger partial charge in [0.05, 0.1) is 6.61 Å². The van der Waals surface area contributed by atoms with Gasteiger partial charge in [-0.05, 0) is 35.8 Å². The lowest BCUT2D eigenvalue weighted by Crippen LogP contribution is -2.32. The van der Waals surface area contributed by atoms with E-state index in [4.69, 9.17) is 4.74 Å². The van der Waals surface area contributed by atoms with Gasteiger partial charge in [-0.3, -0.25) is 0 Å². The highest BCUT2D eigenvalue weighted by molar-refractivity contribution is 5.23. The lowest BCUT2D eigenvalue weighted by atomic mass is 9.93. The summed E-state index contributed by atoms with van der Waals surface area (Å²) >= 11 is 0. The van der Waals surface area contributed by atoms with E-state index in [1.807, 2.05) is 0 Å². The second-order valence-electron chi connectivity index (χ2n) is 5.85. The molecular weight excluding hydrogens is 234 g/mol. The van der Waals surface area contributed by atoms with Gasteiger partial charge in [0.15, 0.2) is 0 Å². The summed E-state index contributed by atoms with van der Waals surface area (Å²) in [5.74, 6) is 1.73. The molecule has 2 nitrogen and oxygen atoms in total. The Kier molecular flexibility index (Phi) is 5.41. The number of hydrogen-bond acceptors (Lipinski definition) is 2. The van der Waals surface area contributed by atoms with Crippen LogP contribution in [0.25, 0.3) is 0 Å². The standard InChI is InChI=1S/C17H27NO/c1-4-16-8-9-17(13(16)2)18-11-14-6-5-7-15(10-14)12-19-3/h5-7,10,13,16-18H,4,8-9,11-12H2,1-3H3. The molecule has 0 amide bonds. The summed E-state index contributed by atoms with van der Waals surface area (Å²) in [7, 11) is 1.75. The van der Waals surface area contributed by atoms with Crippen molar-refractivity contribution in [3.8, 4) is 0 Å². The van der Waals surface area contributed by atoms with Crippen molar-refractivity contribution in [1.29, 1.82) is 0 Å². The molecule has 3 atom stereocenters. The van der Waals surface area contributed by atoms with Crippen LogP contribution in [0.15, 0.2) is 24.3 Å². The third-order valence-electron chi connectivity index (χ3n) is 4.62. The van der Waals surface area contributed by atoms with Gasteiger partial charge in [-0.25, -0.2) is 0 Å². The Balaban J connectivity index is 1.87. The average molecular weight is 261 g/mol. The van der Waals surface area contributed by atoms with Crippen molar-refractivity contribution in [1.82, 2.24) is 5.32 Å². The third-order valence-corrected chi connectivity index (χ3v) is 4.62. The van der Waals surface area contributed by atoms with Crippen LogP contribution in [0.1, 0.15) is 44.2 Å². The van der Waals surface area contributed by atoms with Crippen LogP contribution >= 0.6 is 0 Å². The topological polar surface area (TPSA) is 21.3 Å². The van der Waals surface area contributed by atoms with Crippen molar-refractivity contribution in [2.45, 2.75) is 52.3 Å². The number of rotatable bonds is 6. The largest absolute Gasteiger partial charge is 0.380 e. The van der Waals surface area contributed by atoms with Crippen LogP contribution < -0.4 is 5.32 Å². The maximum Gasteiger partial charge on any atom is 0.0713 e. The van der Waals surface area contributed by atoms with Gasteiger partial charge < -0.3 is 10.1 Å². The lowest BCUT2D eigenvalue weighted by Gasteiger charge is -2.21. The predicted octanol–water partition coefficient (Wildman–Crippen LogP) is 3.75. The highest BCUT2D eigenvalue weighted by atomic mass is 16.5. The van der Waals surface area contributed by atoms with E-state index in [1.165, 1.54) is 30.4 Å². The van der Waals surface area contributed by atoms with Gasteiger partial charge in [0.25, 0.3) is 0 Å². The monoisotopic (exact) mass is 261 g/mol. The van der Waals surface area contributed by atoms with E-state index in [0.29, 0.717) is 12.6 Å². The molecule has 0 aromatic heterocycles. The molecule has 1 fully saturated rings. The number of methoxy groups -OCH3 is 1. The third kappa shape index (κ3) is 3.80. The van der Waals surface area contributed by atoms with Crippen LogP contribution in [0.2, 0.25) is 0 Å². The summed E-state index contributed by atoms with van der Waals surface area (Å²) < 4.78 is 5.19. The van der Waals surface area contributed by atoms with Gasteiger partial charge in [-0.1, -0.05) is 44.5 Å². The van der Waals surface area contributed by atoms with E-state index in [1.54, 1.807) is 7.11 Å². The van der Waals surface area contributed by atoms with Gasteiger partial charge in [0, 0.05) is 19.7 Å². The minimum atomic E-state index is 0.691. The smallest absolute Gasteiger partial charge is 0.0713 e. The van der Waals surface area contributed by atoms with Crippen molar-refractivity contribution in [3.63, 3.8) is 0 Å². The maximum atomic E-state index is 5.19. The van der Waals surface area contributed by atoms with Gasteiger partial charge >= 0.3 is 0 Å². The molecule has 1 aliphatic rings. The summed E-state index contributed by atoms with van der Waals surface area (Å²) in [6, 6.07) is 9.38. The molecule has 1 saturated carbocycles. The second kappa shape index (κ2) is 7.06. The van der Waals surface area contributed by atoms with E-state index >= 15 is 0 Å². The molecule has 106 valence electrons. The molecule has 0 radical (unpaired) electrons. The summed E-state index contributed by atoms with van der Waals surface area (Å²) in [6.07, 6.45) is 4.04. The van der Waals surface area contributed by atoms with Crippen LogP contribution in [0, 0.1) is 11.8 Å². The molecule has 0 spiro atoms. The molecule has 1 aliphatic carbocycles. The summed E-state index contributed by atoms with van der Waals surface area (Å²) in [5.41, 5.74) is 2.62. The highest BCUT2D eigenvalue weighted by Crippen LogP contribution is 2.33. The highest BCUT2D eigenvalue weighted by Gasteiger charge is 2.30. The number of hydrogen-bond donors (Lipinski definition) is 1. The first-order valence-corrected chi connectivity index (χ1v) is 7.54. The van der Waals surface area contributed by atoms with Crippen LogP contribution in [0.5, 0.6) is 0 Å². The summed E-state index contributed by atoms with van der Waals surface area (Å²) in [6.45, 7) is 6.40. The maximum absolute atomic E-state index is 5.19. The fourth-order valence-corrected chi connectivity index (χ4v) is 3.36. The molecule has 0 heterocycles. The molecule has 2 heteroatoms. The zero-order valence-corrected chi connectivity index (χ0v) is 12.5. The number of benzene rings is 1. The molecular formula is C17H27NO. The van der Waals surface area contributed by atoms with Crippen molar-refractivity contribution in [3.05, 3.63) is 35.4 Å². The first kappa shape index (κ1) is 14.5. The van der Waals surface area contributed by atoms with Gasteiger partial charge in [-0.2, -0.15) is 0 Å². The Morgan fingerprint density at radius 1 is 1.26 bits per heavy atom. The Morgan fingerprint density at radius 2 is 2.05 bits per heavy atom. The fourth-order valence-electron chi connectivity index (χ4n) is 3.36. The quantitative estimate of drug-likeness (QED) is 0.842. The van der Waals surface area contributed by atoms with Gasteiger partial charge in [-0.15, -0.1) is 0 Å². The van der Waals surface area contributed by atoms with Crippen molar-refractivity contribution >= 4 is 0 Å². The second-order valence-corrected chi connectivity index (χ2v) is 5.85. The minimum absolute atomic E-state index is 0.691. The van der Waals surface area contributed by atoms with E-state index in [-0.39, 0.29) is 0 Å².